The molecule has 1 saturated heterocycles. The number of unbranched alkanes of at least 4 members (excludes halogenated alkanes) is 12. The number of rotatable bonds is 31. The largest absolute Gasteiger partial charge is 0.494 e. The van der Waals surface area contributed by atoms with Crippen molar-refractivity contribution in [1.29, 1.82) is 0 Å². The lowest BCUT2D eigenvalue weighted by Crippen LogP contribution is -2.42. The van der Waals surface area contributed by atoms with E-state index < -0.39 is 40.3 Å². The predicted molar refractivity (Wildman–Crippen MR) is 255 cm³/mol. The number of hydrogen-bond donors (Lipinski definition) is 1. The fourth-order valence-corrected chi connectivity index (χ4v) is 9.46. The predicted octanol–water partition coefficient (Wildman–Crippen LogP) is 11.6. The second kappa shape index (κ2) is 30.3. The number of ether oxygens (including phenoxy) is 2. The summed E-state index contributed by atoms with van der Waals surface area (Å²) >= 11 is 8.57. The van der Waals surface area contributed by atoms with Gasteiger partial charge in [-0.05, 0) is 115 Å². The number of hydrogen-bond acceptors (Lipinski definition) is 14. The number of hydroxylamine groups is 2. The summed E-state index contributed by atoms with van der Waals surface area (Å²) in [5.74, 6) is -2.11. The SMILES string of the molecule is CCCCCCCCCCCCSC(=S)SC(CC(CC(C)(C)C(=O)ON1C(=O)CCC1=O)C(=O)OCCCCCCOc1ccc(N=Nc2ccncc2)cc1)C(=O)NC(C)C. The van der Waals surface area contributed by atoms with Crippen LogP contribution in [-0.4, -0.2) is 73.5 Å². The first-order chi connectivity index (χ1) is 30.3. The van der Waals surface area contributed by atoms with Crippen LogP contribution in [0.15, 0.2) is 59.0 Å². The molecule has 2 heterocycles. The lowest BCUT2D eigenvalue weighted by Gasteiger charge is -2.29. The van der Waals surface area contributed by atoms with Crippen LogP contribution < -0.4 is 10.1 Å². The molecule has 1 aromatic carbocycles. The van der Waals surface area contributed by atoms with Gasteiger partial charge in [-0.1, -0.05) is 88.7 Å². The van der Waals surface area contributed by atoms with Crippen LogP contribution in [0.3, 0.4) is 0 Å². The highest BCUT2D eigenvalue weighted by Crippen LogP contribution is 2.35. The summed E-state index contributed by atoms with van der Waals surface area (Å²) in [5.41, 5.74) is 0.114. The molecule has 1 aliphatic rings. The highest BCUT2D eigenvalue weighted by atomic mass is 32.2. The number of nitrogens with zero attached hydrogens (tertiary/aromatic N) is 4. The molecule has 2 unspecified atom stereocenters. The third-order valence-electron chi connectivity index (χ3n) is 10.3. The van der Waals surface area contributed by atoms with Gasteiger partial charge in [0, 0.05) is 31.3 Å². The van der Waals surface area contributed by atoms with Crippen molar-refractivity contribution in [3.8, 4) is 5.75 Å². The topological polar surface area (TPSA) is 166 Å². The normalized spacial score (nSPS) is 14.0. The van der Waals surface area contributed by atoms with Crippen LogP contribution in [0.1, 0.15) is 150 Å². The third-order valence-corrected chi connectivity index (χ3v) is 13.2. The Kier molecular flexibility index (Phi) is 25.7. The number of nitrogens with one attached hydrogen (secondary N) is 1. The molecule has 1 aromatic heterocycles. The van der Waals surface area contributed by atoms with Crippen LogP contribution in [-0.2, 0) is 33.5 Å². The van der Waals surface area contributed by atoms with E-state index in [-0.39, 0.29) is 44.2 Å². The van der Waals surface area contributed by atoms with Gasteiger partial charge in [0.25, 0.3) is 11.8 Å². The van der Waals surface area contributed by atoms with Crippen LogP contribution in [0, 0.1) is 11.3 Å². The maximum Gasteiger partial charge on any atom is 0.338 e. The van der Waals surface area contributed by atoms with Crippen LogP contribution in [0.2, 0.25) is 0 Å². The van der Waals surface area contributed by atoms with Crippen molar-refractivity contribution in [3.63, 3.8) is 0 Å². The van der Waals surface area contributed by atoms with Gasteiger partial charge in [-0.3, -0.25) is 24.2 Å². The van der Waals surface area contributed by atoms with Gasteiger partial charge in [-0.2, -0.15) is 10.2 Å². The van der Waals surface area contributed by atoms with Crippen molar-refractivity contribution >= 4 is 80.3 Å². The molecule has 0 aliphatic carbocycles. The number of carbonyl (C=O) groups is 5. The standard InChI is InChI=1S/C47H69N5O8S3/c1-6-7-8-9-10-11-12-13-16-19-32-62-46(61)63-40(43(55)49-35(2)3)33-36(34-47(4,5)45(57)60-52-41(53)24-25-42(52)54)44(56)59-31-18-15-14-17-30-58-39-22-20-37(21-23-39)50-51-38-26-28-48-29-27-38/h20-23,26-29,35-36,40H,6-19,24-25,30-34H2,1-5H3,(H,49,55). The summed E-state index contributed by atoms with van der Waals surface area (Å²) in [6.45, 7) is 9.84. The molecule has 2 atom stereocenters. The molecule has 0 bridgehead atoms. The smallest absolute Gasteiger partial charge is 0.338 e. The summed E-state index contributed by atoms with van der Waals surface area (Å²) in [4.78, 5) is 74.6. The second-order valence-corrected chi connectivity index (χ2v) is 20.4. The van der Waals surface area contributed by atoms with E-state index in [0.29, 0.717) is 27.3 Å². The Hall–Kier alpha value is -3.89. The van der Waals surface area contributed by atoms with Crippen molar-refractivity contribution < 1.29 is 38.3 Å². The Morgan fingerprint density at radius 2 is 1.37 bits per heavy atom. The van der Waals surface area contributed by atoms with E-state index in [0.717, 1.165) is 49.3 Å². The summed E-state index contributed by atoms with van der Waals surface area (Å²) < 4.78 is 12.3. The van der Waals surface area contributed by atoms with Gasteiger partial charge in [0.2, 0.25) is 5.91 Å². The van der Waals surface area contributed by atoms with E-state index in [9.17, 15) is 24.0 Å². The molecule has 3 rings (SSSR count). The number of amides is 3. The minimum absolute atomic E-state index is 0.0359. The van der Waals surface area contributed by atoms with Crippen LogP contribution in [0.4, 0.5) is 11.4 Å². The monoisotopic (exact) mass is 927 g/mol. The molecule has 0 saturated carbocycles. The van der Waals surface area contributed by atoms with Crippen molar-refractivity contribution in [2.24, 2.45) is 21.6 Å². The molecule has 348 valence electrons. The Morgan fingerprint density at radius 1 is 0.810 bits per heavy atom. The molecule has 1 fully saturated rings. The first kappa shape index (κ1) is 53.4. The fraction of sp³-hybridized carbons (Fsp3) is 0.638. The van der Waals surface area contributed by atoms with Gasteiger partial charge in [0.1, 0.15) is 9.28 Å². The van der Waals surface area contributed by atoms with E-state index in [1.165, 1.54) is 63.1 Å². The summed E-state index contributed by atoms with van der Waals surface area (Å²) in [5, 5.41) is 11.2. The first-order valence-electron chi connectivity index (χ1n) is 22.7. The molecule has 16 heteroatoms. The number of esters is 1. The zero-order valence-corrected chi connectivity index (χ0v) is 40.4. The summed E-state index contributed by atoms with van der Waals surface area (Å²) in [6.07, 6.45) is 18.8. The van der Waals surface area contributed by atoms with E-state index in [1.807, 2.05) is 38.1 Å². The molecule has 1 N–H and O–H groups in total. The van der Waals surface area contributed by atoms with E-state index in [4.69, 9.17) is 26.5 Å². The van der Waals surface area contributed by atoms with Gasteiger partial charge in [-0.15, -0.1) is 16.8 Å². The molecule has 0 spiro atoms. The maximum absolute atomic E-state index is 13.9. The number of imide groups is 1. The average Bonchev–Trinajstić information content (AvgIpc) is 3.57. The number of thioether (sulfide) groups is 2. The van der Waals surface area contributed by atoms with E-state index >= 15 is 0 Å². The first-order valence-corrected chi connectivity index (χ1v) is 25.0. The van der Waals surface area contributed by atoms with Gasteiger partial charge >= 0.3 is 11.9 Å². The maximum atomic E-state index is 13.9. The van der Waals surface area contributed by atoms with Crippen LogP contribution in [0.5, 0.6) is 5.75 Å². The minimum Gasteiger partial charge on any atom is -0.494 e. The number of thiocarbonyl (C=S) groups is 1. The minimum atomic E-state index is -1.31. The number of pyridine rings is 1. The fourth-order valence-electron chi connectivity index (χ4n) is 6.74. The van der Waals surface area contributed by atoms with Crippen LogP contribution >= 0.6 is 35.7 Å². The number of aromatic nitrogens is 1. The Labute approximate surface area is 388 Å². The number of azo groups is 1. The summed E-state index contributed by atoms with van der Waals surface area (Å²) in [6, 6.07) is 10.8. The van der Waals surface area contributed by atoms with Gasteiger partial charge in [0.15, 0.2) is 0 Å². The van der Waals surface area contributed by atoms with E-state index in [2.05, 4.69) is 27.5 Å². The van der Waals surface area contributed by atoms with Crippen molar-refractivity contribution in [2.75, 3.05) is 19.0 Å². The van der Waals surface area contributed by atoms with Crippen molar-refractivity contribution in [1.82, 2.24) is 15.4 Å². The Balaban J connectivity index is 1.53. The zero-order chi connectivity index (χ0) is 45.9. The highest BCUT2D eigenvalue weighted by Gasteiger charge is 2.42. The van der Waals surface area contributed by atoms with Crippen molar-refractivity contribution in [3.05, 3.63) is 48.8 Å². The van der Waals surface area contributed by atoms with Crippen LogP contribution in [0.25, 0.3) is 0 Å². The lowest BCUT2D eigenvalue weighted by molar-refractivity contribution is -0.205. The Morgan fingerprint density at radius 3 is 1.97 bits per heavy atom. The lowest BCUT2D eigenvalue weighted by atomic mass is 9.81. The molecular formula is C47H69N5O8S3. The molecule has 13 nitrogen and oxygen atoms in total. The summed E-state index contributed by atoms with van der Waals surface area (Å²) in [7, 11) is 0. The van der Waals surface area contributed by atoms with Gasteiger partial charge in [0.05, 0.1) is 41.2 Å². The van der Waals surface area contributed by atoms with Gasteiger partial charge < -0.3 is 19.6 Å². The molecule has 1 aliphatic heterocycles. The quantitative estimate of drug-likeness (QED) is 0.0250. The Bertz CT molecular complexity index is 1730. The third kappa shape index (κ3) is 22.0. The van der Waals surface area contributed by atoms with Gasteiger partial charge in [-0.25, -0.2) is 4.79 Å². The molecule has 3 amide bonds. The number of carbonyl (C=O) groups excluding carboxylic acids is 5. The molecule has 0 radical (unpaired) electrons. The molecule has 63 heavy (non-hydrogen) atoms. The average molecular weight is 928 g/mol. The molecular weight excluding hydrogens is 859 g/mol. The second-order valence-electron chi connectivity index (χ2n) is 16.9. The number of benzene rings is 1. The highest BCUT2D eigenvalue weighted by molar-refractivity contribution is 8.47. The van der Waals surface area contributed by atoms with E-state index in [1.54, 1.807) is 50.1 Å². The zero-order valence-electron chi connectivity index (χ0n) is 38.0. The molecule has 2 aromatic rings. The van der Waals surface area contributed by atoms with Crippen molar-refractivity contribution in [2.45, 2.75) is 161 Å².